The van der Waals surface area contributed by atoms with Crippen molar-refractivity contribution in [2.45, 2.75) is 0 Å². The van der Waals surface area contributed by atoms with Gasteiger partial charge in [0.05, 0.1) is 4.47 Å². The van der Waals surface area contributed by atoms with Crippen molar-refractivity contribution < 1.29 is 4.39 Å². The van der Waals surface area contributed by atoms with Crippen LogP contribution in [-0.2, 0) is 0 Å². The Hall–Kier alpha value is -1.32. The van der Waals surface area contributed by atoms with E-state index in [2.05, 4.69) is 26.0 Å². The molecule has 0 saturated carbocycles. The highest BCUT2D eigenvalue weighted by Gasteiger charge is 2.01. The maximum absolute atomic E-state index is 13.3. The van der Waals surface area contributed by atoms with Crippen LogP contribution in [0.5, 0.6) is 0 Å². The number of nitrogens with zero attached hydrogens (tertiary/aromatic N) is 3. The highest BCUT2D eigenvalue weighted by Crippen LogP contribution is 2.19. The Morgan fingerprint density at radius 3 is 3.07 bits per heavy atom. The second-order valence-electron chi connectivity index (χ2n) is 2.46. The van der Waals surface area contributed by atoms with Gasteiger partial charge >= 0.3 is 0 Å². The highest BCUT2D eigenvalue weighted by atomic mass is 79.9. The summed E-state index contributed by atoms with van der Waals surface area (Å²) in [6, 6.07) is 5.01. The minimum atomic E-state index is -0.315. The summed E-state index contributed by atoms with van der Waals surface area (Å²) in [6.07, 6.45) is 3.18. The summed E-state index contributed by atoms with van der Waals surface area (Å²) in [5.74, 6) is -0.315. The van der Waals surface area contributed by atoms with Crippen LogP contribution in [0.1, 0.15) is 5.56 Å². The first-order chi connectivity index (χ1) is 6.75. The lowest BCUT2D eigenvalue weighted by Crippen LogP contribution is -1.82. The quantitative estimate of drug-likeness (QED) is 0.447. The second-order valence-corrected chi connectivity index (χ2v) is 3.31. The smallest absolute Gasteiger partial charge is 0.144 e. The van der Waals surface area contributed by atoms with Crippen LogP contribution < -0.4 is 0 Å². The van der Waals surface area contributed by atoms with E-state index >= 15 is 0 Å². The number of rotatable bonds is 3. The molecular formula is C9H7BrFN3. The number of halogens is 2. The van der Waals surface area contributed by atoms with Gasteiger partial charge in [-0.3, -0.25) is 0 Å². The number of hydrogen-bond acceptors (Lipinski definition) is 1. The van der Waals surface area contributed by atoms with Crippen LogP contribution in [0.15, 0.2) is 33.9 Å². The van der Waals surface area contributed by atoms with Gasteiger partial charge in [0.15, 0.2) is 0 Å². The molecule has 3 nitrogen and oxygen atoms in total. The van der Waals surface area contributed by atoms with E-state index in [0.29, 0.717) is 10.0 Å². The van der Waals surface area contributed by atoms with Crippen molar-refractivity contribution >= 4 is 22.0 Å². The van der Waals surface area contributed by atoms with Gasteiger partial charge in [0.2, 0.25) is 0 Å². The van der Waals surface area contributed by atoms with E-state index in [1.165, 1.54) is 0 Å². The normalized spacial score (nSPS) is 10.1. The Balaban J connectivity index is 2.81. The zero-order valence-corrected chi connectivity index (χ0v) is 8.78. The molecule has 0 aliphatic carbocycles. The monoisotopic (exact) mass is 255 g/mol. The lowest BCUT2D eigenvalue weighted by Gasteiger charge is -1.97. The van der Waals surface area contributed by atoms with E-state index in [0.717, 1.165) is 0 Å². The van der Waals surface area contributed by atoms with Gasteiger partial charge in [0.25, 0.3) is 0 Å². The van der Waals surface area contributed by atoms with Gasteiger partial charge in [0, 0.05) is 17.0 Å². The molecule has 1 aromatic carbocycles. The summed E-state index contributed by atoms with van der Waals surface area (Å²) in [4.78, 5) is 2.58. The zero-order chi connectivity index (χ0) is 10.4. The molecule has 1 aromatic rings. The molecule has 0 heterocycles. The molecule has 0 aromatic heterocycles. The first-order valence-electron chi connectivity index (χ1n) is 3.87. The van der Waals surface area contributed by atoms with Crippen LogP contribution in [0.2, 0.25) is 0 Å². The van der Waals surface area contributed by atoms with Crippen molar-refractivity contribution in [1.29, 1.82) is 0 Å². The predicted octanol–water partition coefficient (Wildman–Crippen LogP) is 3.91. The van der Waals surface area contributed by atoms with Crippen LogP contribution >= 0.6 is 15.9 Å². The molecule has 72 valence electrons. The van der Waals surface area contributed by atoms with Gasteiger partial charge in [-0.1, -0.05) is 29.4 Å². The molecule has 0 amide bonds. The first-order valence-corrected chi connectivity index (χ1v) is 4.66. The van der Waals surface area contributed by atoms with E-state index in [9.17, 15) is 4.39 Å². The fourth-order valence-electron chi connectivity index (χ4n) is 0.913. The summed E-state index contributed by atoms with van der Waals surface area (Å²) in [5.41, 5.74) is 8.47. The molecule has 0 fully saturated rings. The summed E-state index contributed by atoms with van der Waals surface area (Å²) >= 11 is 3.08. The van der Waals surface area contributed by atoms with E-state index < -0.39 is 0 Å². The summed E-state index contributed by atoms with van der Waals surface area (Å²) < 4.78 is 13.7. The molecule has 0 saturated heterocycles. The fraction of sp³-hybridized carbons (Fsp3) is 0.111. The zero-order valence-electron chi connectivity index (χ0n) is 7.19. The predicted molar refractivity (Wildman–Crippen MR) is 57.1 cm³/mol. The third-order valence-electron chi connectivity index (χ3n) is 1.53. The third-order valence-corrected chi connectivity index (χ3v) is 2.14. The van der Waals surface area contributed by atoms with Crippen molar-refractivity contribution in [1.82, 2.24) is 0 Å². The summed E-state index contributed by atoms with van der Waals surface area (Å²) in [6.45, 7) is 0.225. The molecule has 0 spiro atoms. The Bertz CT molecular complexity index is 397. The van der Waals surface area contributed by atoms with Crippen molar-refractivity contribution in [2.24, 2.45) is 5.11 Å². The highest BCUT2D eigenvalue weighted by molar-refractivity contribution is 9.10. The minimum absolute atomic E-state index is 0.225. The molecule has 14 heavy (non-hydrogen) atoms. The molecule has 0 aliphatic heterocycles. The lowest BCUT2D eigenvalue weighted by molar-refractivity contribution is 0.618. The molecular weight excluding hydrogens is 249 g/mol. The van der Waals surface area contributed by atoms with Gasteiger partial charge in [-0.15, -0.1) is 0 Å². The van der Waals surface area contributed by atoms with Gasteiger partial charge in [-0.2, -0.15) is 0 Å². The number of azide groups is 1. The van der Waals surface area contributed by atoms with Gasteiger partial charge < -0.3 is 0 Å². The SMILES string of the molecule is [N-]=[N+]=NCC=Cc1cccc(Br)c1F. The first kappa shape index (κ1) is 10.8. The van der Waals surface area contributed by atoms with E-state index in [1.807, 2.05) is 0 Å². The van der Waals surface area contributed by atoms with Crippen molar-refractivity contribution in [2.75, 3.05) is 6.54 Å². The number of benzene rings is 1. The van der Waals surface area contributed by atoms with Crippen LogP contribution in [0.4, 0.5) is 4.39 Å². The van der Waals surface area contributed by atoms with E-state index in [4.69, 9.17) is 5.53 Å². The average Bonchev–Trinajstić information content (AvgIpc) is 2.19. The Morgan fingerprint density at radius 2 is 2.36 bits per heavy atom. The number of hydrogen-bond donors (Lipinski definition) is 0. The van der Waals surface area contributed by atoms with Crippen LogP contribution in [0.25, 0.3) is 16.5 Å². The van der Waals surface area contributed by atoms with Gasteiger partial charge in [-0.05, 0) is 27.5 Å². The average molecular weight is 256 g/mol. The van der Waals surface area contributed by atoms with Crippen molar-refractivity contribution in [3.63, 3.8) is 0 Å². The molecule has 0 aliphatic rings. The van der Waals surface area contributed by atoms with Crippen LogP contribution in [0.3, 0.4) is 0 Å². The molecule has 5 heteroatoms. The lowest BCUT2D eigenvalue weighted by atomic mass is 10.2. The summed E-state index contributed by atoms with van der Waals surface area (Å²) in [5, 5.41) is 3.30. The maximum Gasteiger partial charge on any atom is 0.144 e. The van der Waals surface area contributed by atoms with Crippen LogP contribution in [-0.4, -0.2) is 6.54 Å². The molecule has 0 N–H and O–H groups in total. The standard InChI is InChI=1S/C9H7BrFN3/c10-8-5-1-3-7(9(8)11)4-2-6-13-14-12/h1-5H,6H2. The Labute approximate surface area is 89.0 Å². The Kier molecular flexibility index (Phi) is 4.16. The second kappa shape index (κ2) is 5.42. The molecule has 0 bridgehead atoms. The van der Waals surface area contributed by atoms with E-state index in [1.54, 1.807) is 30.4 Å². The molecule has 0 unspecified atom stereocenters. The third kappa shape index (κ3) is 2.87. The van der Waals surface area contributed by atoms with Crippen LogP contribution in [0, 0.1) is 5.82 Å². The van der Waals surface area contributed by atoms with Gasteiger partial charge in [0.1, 0.15) is 5.82 Å². The Morgan fingerprint density at radius 1 is 1.57 bits per heavy atom. The fourth-order valence-corrected chi connectivity index (χ4v) is 1.29. The summed E-state index contributed by atoms with van der Waals surface area (Å²) in [7, 11) is 0. The topological polar surface area (TPSA) is 48.8 Å². The van der Waals surface area contributed by atoms with Crippen molar-refractivity contribution in [3.8, 4) is 0 Å². The maximum atomic E-state index is 13.3. The molecule has 1 rings (SSSR count). The minimum Gasteiger partial charge on any atom is -0.205 e. The van der Waals surface area contributed by atoms with E-state index in [-0.39, 0.29) is 12.4 Å². The molecule has 0 radical (unpaired) electrons. The van der Waals surface area contributed by atoms with Crippen molar-refractivity contribution in [3.05, 3.63) is 50.6 Å². The largest absolute Gasteiger partial charge is 0.205 e. The molecule has 0 atom stereocenters. The van der Waals surface area contributed by atoms with Gasteiger partial charge in [-0.25, -0.2) is 4.39 Å².